The van der Waals surface area contributed by atoms with Gasteiger partial charge in [-0.3, -0.25) is 14.4 Å². The molecule has 0 radical (unpaired) electrons. The smallest absolute Gasteiger partial charge is 0.353 e. The van der Waals surface area contributed by atoms with E-state index < -0.39 is 21.6 Å². The lowest BCUT2D eigenvalue weighted by Gasteiger charge is -2.46. The minimum Gasteiger partial charge on any atom is -0.353 e. The van der Waals surface area contributed by atoms with Gasteiger partial charge in [-0.25, -0.2) is 23.4 Å². The summed E-state index contributed by atoms with van der Waals surface area (Å²) >= 11 is 0. The van der Waals surface area contributed by atoms with Gasteiger partial charge in [0.1, 0.15) is 27.0 Å². The Morgan fingerprint density at radius 3 is 2.58 bits per heavy atom. The topological polar surface area (TPSA) is 112 Å². The largest absolute Gasteiger partial charge is 0.417 e. The first-order valence-corrected chi connectivity index (χ1v) is 14.1. The Bertz CT molecular complexity index is 1540. The van der Waals surface area contributed by atoms with E-state index in [1.165, 1.54) is 16.7 Å². The number of alkyl halides is 3. The minimum absolute atomic E-state index is 0.0307. The third kappa shape index (κ3) is 4.73. The number of H-pyrrole nitrogens is 1. The van der Waals surface area contributed by atoms with E-state index in [1.54, 1.807) is 18.5 Å². The van der Waals surface area contributed by atoms with Crippen molar-refractivity contribution in [3.8, 4) is 11.5 Å². The minimum atomic E-state index is -4.48. The number of aromatic nitrogens is 6. The van der Waals surface area contributed by atoms with Crippen molar-refractivity contribution in [2.24, 2.45) is 0 Å². The molecule has 6 rings (SSSR count). The number of nitrogens with zero attached hydrogens (tertiary/aromatic N) is 7. The summed E-state index contributed by atoms with van der Waals surface area (Å²) in [6.07, 6.45) is 4.42. The predicted molar refractivity (Wildman–Crippen MR) is 133 cm³/mol. The molecule has 0 saturated carbocycles. The number of halogens is 3. The van der Waals surface area contributed by atoms with Crippen LogP contribution in [0.15, 0.2) is 49.2 Å². The number of hydrogen-bond donors (Lipinski definition) is 1. The van der Waals surface area contributed by atoms with Crippen LogP contribution in [0.4, 0.5) is 19.0 Å². The summed E-state index contributed by atoms with van der Waals surface area (Å²) < 4.78 is 65.3. The molecule has 2 aliphatic rings. The molecular formula is C24H25F3N8O2S. The highest BCUT2D eigenvalue weighted by molar-refractivity contribution is 7.91. The maximum Gasteiger partial charge on any atom is 0.417 e. The molecular weight excluding hydrogens is 521 g/mol. The van der Waals surface area contributed by atoms with Gasteiger partial charge in [-0.05, 0) is 31.0 Å². The standard InChI is InChI=1S/C24H25F3N8O2S/c25-24(26,27)17-1-2-21-29-13-19(35(21)14-17)23-28-6-3-22(32-23)33-7-8-34(18-4-9-38(36,37)10-5-18)20(15-33)16-11-30-31-12-16/h1-3,6,11-14,18,20H,4-5,7-10,15H2,(H,30,31)/t20-/m0/s1. The van der Waals surface area contributed by atoms with E-state index in [1.807, 2.05) is 6.20 Å². The first kappa shape index (κ1) is 24.8. The van der Waals surface area contributed by atoms with Crippen LogP contribution in [0.25, 0.3) is 17.2 Å². The van der Waals surface area contributed by atoms with Crippen molar-refractivity contribution in [1.29, 1.82) is 0 Å². The first-order chi connectivity index (χ1) is 18.2. The van der Waals surface area contributed by atoms with E-state index in [0.717, 1.165) is 17.8 Å². The molecule has 2 saturated heterocycles. The van der Waals surface area contributed by atoms with Gasteiger partial charge in [-0.1, -0.05) is 0 Å². The first-order valence-electron chi connectivity index (χ1n) is 12.3. The molecule has 0 unspecified atom stereocenters. The summed E-state index contributed by atoms with van der Waals surface area (Å²) in [7, 11) is -2.97. The lowest BCUT2D eigenvalue weighted by molar-refractivity contribution is -0.137. The van der Waals surface area contributed by atoms with Gasteiger partial charge >= 0.3 is 6.18 Å². The molecule has 14 heteroatoms. The fraction of sp³-hybridized carbons (Fsp3) is 0.417. The molecule has 2 aliphatic heterocycles. The van der Waals surface area contributed by atoms with E-state index in [0.29, 0.717) is 49.6 Å². The molecule has 1 N–H and O–H groups in total. The van der Waals surface area contributed by atoms with Crippen LogP contribution in [0.2, 0.25) is 0 Å². The van der Waals surface area contributed by atoms with Crippen molar-refractivity contribution in [2.45, 2.75) is 31.1 Å². The molecule has 200 valence electrons. The molecule has 10 nitrogen and oxygen atoms in total. The Hall–Kier alpha value is -3.52. The molecule has 0 bridgehead atoms. The van der Waals surface area contributed by atoms with Crippen molar-refractivity contribution < 1.29 is 21.6 Å². The SMILES string of the molecule is O=S1(=O)CCC(N2CCN(c3ccnc(-c4cnc5ccc(C(F)(F)F)cn45)n3)C[C@H]2c2cn[nH]c2)CC1. The number of pyridine rings is 1. The van der Waals surface area contributed by atoms with Crippen molar-refractivity contribution in [3.63, 3.8) is 0 Å². The highest BCUT2D eigenvalue weighted by Gasteiger charge is 2.37. The van der Waals surface area contributed by atoms with Gasteiger partial charge in [0.15, 0.2) is 5.82 Å². The highest BCUT2D eigenvalue weighted by Crippen LogP contribution is 2.34. The van der Waals surface area contributed by atoms with Gasteiger partial charge in [0.05, 0.1) is 35.5 Å². The van der Waals surface area contributed by atoms with Crippen LogP contribution in [0.5, 0.6) is 0 Å². The van der Waals surface area contributed by atoms with E-state index in [9.17, 15) is 21.6 Å². The number of aromatic amines is 1. The summed E-state index contributed by atoms with van der Waals surface area (Å²) in [6.45, 7) is 1.94. The highest BCUT2D eigenvalue weighted by atomic mass is 32.2. The van der Waals surface area contributed by atoms with Gasteiger partial charge in [-0.15, -0.1) is 0 Å². The second-order valence-corrected chi connectivity index (χ2v) is 11.9. The summed E-state index contributed by atoms with van der Waals surface area (Å²) in [5.74, 6) is 1.31. The van der Waals surface area contributed by atoms with E-state index in [2.05, 4.69) is 30.0 Å². The van der Waals surface area contributed by atoms with Crippen molar-refractivity contribution in [2.75, 3.05) is 36.0 Å². The average molecular weight is 547 g/mol. The molecule has 0 aliphatic carbocycles. The summed E-state index contributed by atoms with van der Waals surface area (Å²) in [4.78, 5) is 17.7. The Morgan fingerprint density at radius 1 is 1.03 bits per heavy atom. The van der Waals surface area contributed by atoms with Gasteiger partial charge in [0.2, 0.25) is 0 Å². The summed E-state index contributed by atoms with van der Waals surface area (Å²) in [5, 5.41) is 6.99. The number of anilines is 1. The number of rotatable bonds is 4. The normalized spacial score (nSPS) is 21.2. The number of sulfone groups is 1. The van der Waals surface area contributed by atoms with Crippen molar-refractivity contribution >= 4 is 21.3 Å². The zero-order valence-corrected chi connectivity index (χ0v) is 21.0. The van der Waals surface area contributed by atoms with Crippen molar-refractivity contribution in [3.05, 3.63) is 60.3 Å². The third-order valence-electron chi connectivity index (χ3n) is 7.35. The van der Waals surface area contributed by atoms with E-state index in [-0.39, 0.29) is 29.4 Å². The summed E-state index contributed by atoms with van der Waals surface area (Å²) in [5.41, 5.74) is 0.945. The Morgan fingerprint density at radius 2 is 1.84 bits per heavy atom. The third-order valence-corrected chi connectivity index (χ3v) is 9.06. The number of hydrogen-bond acceptors (Lipinski definition) is 8. The van der Waals surface area contributed by atoms with Crippen LogP contribution in [0, 0.1) is 0 Å². The Balaban J connectivity index is 1.29. The van der Waals surface area contributed by atoms with Gasteiger partial charge in [-0.2, -0.15) is 18.3 Å². The van der Waals surface area contributed by atoms with Gasteiger partial charge in [0, 0.05) is 49.8 Å². The molecule has 0 amide bonds. The molecule has 0 aromatic carbocycles. The molecule has 38 heavy (non-hydrogen) atoms. The number of fused-ring (bicyclic) bond motifs is 1. The van der Waals surface area contributed by atoms with Gasteiger partial charge in [0.25, 0.3) is 0 Å². The fourth-order valence-corrected chi connectivity index (χ4v) is 6.82. The van der Waals surface area contributed by atoms with Crippen LogP contribution in [-0.2, 0) is 16.0 Å². The Kier molecular flexibility index (Phi) is 6.10. The molecule has 4 aromatic rings. The number of nitrogens with one attached hydrogen (secondary N) is 1. The van der Waals surface area contributed by atoms with Gasteiger partial charge < -0.3 is 4.90 Å². The molecule has 0 spiro atoms. The second-order valence-electron chi connectivity index (χ2n) is 9.64. The molecule has 6 heterocycles. The molecule has 1 atom stereocenters. The van der Waals surface area contributed by atoms with Crippen LogP contribution < -0.4 is 4.90 Å². The monoisotopic (exact) mass is 546 g/mol. The zero-order chi connectivity index (χ0) is 26.5. The quantitative estimate of drug-likeness (QED) is 0.416. The zero-order valence-electron chi connectivity index (χ0n) is 20.2. The fourth-order valence-electron chi connectivity index (χ4n) is 5.35. The Labute approximate surface area is 216 Å². The van der Waals surface area contributed by atoms with Crippen LogP contribution >= 0.6 is 0 Å². The number of imidazole rings is 1. The van der Waals surface area contributed by atoms with Crippen LogP contribution in [0.1, 0.15) is 30.0 Å². The summed E-state index contributed by atoms with van der Waals surface area (Å²) in [6, 6.07) is 4.23. The second kappa shape index (κ2) is 9.34. The van der Waals surface area contributed by atoms with Crippen LogP contribution in [-0.4, -0.2) is 80.0 Å². The maximum atomic E-state index is 13.3. The van der Waals surface area contributed by atoms with E-state index in [4.69, 9.17) is 4.98 Å². The van der Waals surface area contributed by atoms with E-state index >= 15 is 0 Å². The molecule has 4 aromatic heterocycles. The lowest BCUT2D eigenvalue weighted by atomic mass is 10.00. The maximum absolute atomic E-state index is 13.3. The van der Waals surface area contributed by atoms with Crippen LogP contribution in [0.3, 0.4) is 0 Å². The molecule has 2 fully saturated rings. The lowest BCUT2D eigenvalue weighted by Crippen LogP contribution is -2.54. The average Bonchev–Trinajstić information content (AvgIpc) is 3.58. The number of piperazine rings is 1. The van der Waals surface area contributed by atoms with Crippen molar-refractivity contribution in [1.82, 2.24) is 34.4 Å². The predicted octanol–water partition coefficient (Wildman–Crippen LogP) is 2.97.